The van der Waals surface area contributed by atoms with Crippen molar-refractivity contribution in [3.05, 3.63) is 0 Å². The molecule has 0 saturated heterocycles. The second kappa shape index (κ2) is 5.49. The van der Waals surface area contributed by atoms with Crippen LogP contribution >= 0.6 is 0 Å². The maximum absolute atomic E-state index is 12.0. The van der Waals surface area contributed by atoms with Gasteiger partial charge < -0.3 is 14.6 Å². The molecule has 1 fully saturated rings. The van der Waals surface area contributed by atoms with Gasteiger partial charge in [-0.2, -0.15) is 0 Å². The van der Waals surface area contributed by atoms with Crippen molar-refractivity contribution < 1.29 is 24.2 Å². The summed E-state index contributed by atoms with van der Waals surface area (Å²) in [4.78, 5) is 23.3. The zero-order chi connectivity index (χ0) is 13.1. The van der Waals surface area contributed by atoms with Gasteiger partial charge in [0.05, 0.1) is 0 Å². The number of methoxy groups -OCH3 is 1. The average Bonchev–Trinajstić information content (AvgIpc) is 2.75. The number of ether oxygens (including phenoxy) is 2. The monoisotopic (exact) mass is 244 g/mol. The molecule has 0 aliphatic heterocycles. The molecule has 1 aliphatic carbocycles. The van der Waals surface area contributed by atoms with E-state index in [1.54, 1.807) is 0 Å². The number of carboxylic acid groups (broad SMARTS) is 1. The predicted molar refractivity (Wildman–Crippen MR) is 60.3 cm³/mol. The molecule has 0 spiro atoms. The molecule has 1 N–H and O–H groups in total. The molecule has 1 unspecified atom stereocenters. The summed E-state index contributed by atoms with van der Waals surface area (Å²) in [6.07, 6.45) is 1.53. The van der Waals surface area contributed by atoms with Crippen LogP contribution in [0.4, 0.5) is 0 Å². The Kier molecular flexibility index (Phi) is 4.51. The first kappa shape index (κ1) is 14.0. The van der Waals surface area contributed by atoms with Crippen LogP contribution in [-0.2, 0) is 19.1 Å². The van der Waals surface area contributed by atoms with Crippen LogP contribution in [0.2, 0.25) is 0 Å². The van der Waals surface area contributed by atoms with Crippen LogP contribution in [0.15, 0.2) is 0 Å². The molecular formula is C12H20O5. The molecule has 0 aromatic rings. The van der Waals surface area contributed by atoms with Crippen LogP contribution in [0.25, 0.3) is 0 Å². The minimum atomic E-state index is -1.36. The fourth-order valence-electron chi connectivity index (χ4n) is 2.16. The van der Waals surface area contributed by atoms with E-state index < -0.39 is 23.6 Å². The van der Waals surface area contributed by atoms with Crippen molar-refractivity contribution in [2.24, 2.45) is 11.3 Å². The SMILES string of the molecule is COC(OC(=O)C1(C(=O)O)CCCC1)C(C)C. The van der Waals surface area contributed by atoms with E-state index in [0.717, 1.165) is 12.8 Å². The van der Waals surface area contributed by atoms with Gasteiger partial charge in [0, 0.05) is 13.0 Å². The van der Waals surface area contributed by atoms with Crippen molar-refractivity contribution in [1.29, 1.82) is 0 Å². The third-order valence-corrected chi connectivity index (χ3v) is 3.26. The standard InChI is InChI=1S/C12H20O5/c1-8(2)9(16-3)17-11(15)12(10(13)14)6-4-5-7-12/h8-9H,4-7H2,1-3H3,(H,13,14). The van der Waals surface area contributed by atoms with Gasteiger partial charge in [0.2, 0.25) is 6.29 Å². The zero-order valence-electron chi connectivity index (χ0n) is 10.6. The molecule has 0 radical (unpaired) electrons. The summed E-state index contributed by atoms with van der Waals surface area (Å²) >= 11 is 0. The Labute approximate surface area is 101 Å². The summed E-state index contributed by atoms with van der Waals surface area (Å²) in [5.74, 6) is -1.75. The smallest absolute Gasteiger partial charge is 0.325 e. The van der Waals surface area contributed by atoms with Crippen molar-refractivity contribution in [2.45, 2.75) is 45.8 Å². The molecule has 0 aromatic carbocycles. The van der Waals surface area contributed by atoms with E-state index in [9.17, 15) is 14.7 Å². The highest BCUT2D eigenvalue weighted by Gasteiger charge is 2.50. The van der Waals surface area contributed by atoms with Crippen LogP contribution in [0.1, 0.15) is 39.5 Å². The Balaban J connectivity index is 2.76. The summed E-state index contributed by atoms with van der Waals surface area (Å²) < 4.78 is 10.2. The minimum absolute atomic E-state index is 0.00352. The van der Waals surface area contributed by atoms with Gasteiger partial charge in [0.15, 0.2) is 5.41 Å². The topological polar surface area (TPSA) is 72.8 Å². The fraction of sp³-hybridized carbons (Fsp3) is 0.833. The fourth-order valence-corrected chi connectivity index (χ4v) is 2.16. The van der Waals surface area contributed by atoms with E-state index in [0.29, 0.717) is 12.8 Å². The molecule has 5 nitrogen and oxygen atoms in total. The molecule has 0 bridgehead atoms. The van der Waals surface area contributed by atoms with E-state index in [4.69, 9.17) is 9.47 Å². The zero-order valence-corrected chi connectivity index (χ0v) is 10.6. The van der Waals surface area contributed by atoms with Crippen molar-refractivity contribution in [3.63, 3.8) is 0 Å². The highest BCUT2D eigenvalue weighted by Crippen LogP contribution is 2.40. The molecule has 1 rings (SSSR count). The number of carboxylic acids is 1. The van der Waals surface area contributed by atoms with Crippen LogP contribution in [0.3, 0.4) is 0 Å². The first-order chi connectivity index (χ1) is 7.94. The molecule has 5 heteroatoms. The molecule has 0 amide bonds. The first-order valence-electron chi connectivity index (χ1n) is 5.91. The van der Waals surface area contributed by atoms with Crippen LogP contribution in [-0.4, -0.2) is 30.4 Å². The number of aliphatic carboxylic acids is 1. The summed E-state index contributed by atoms with van der Waals surface area (Å²) in [6.45, 7) is 3.70. The minimum Gasteiger partial charge on any atom is -0.480 e. The molecule has 0 heterocycles. The lowest BCUT2D eigenvalue weighted by Crippen LogP contribution is -2.41. The maximum Gasteiger partial charge on any atom is 0.325 e. The number of hydrogen-bond acceptors (Lipinski definition) is 4. The number of esters is 1. The number of carbonyl (C=O) groups is 2. The molecular weight excluding hydrogens is 224 g/mol. The lowest BCUT2D eigenvalue weighted by Gasteiger charge is -2.26. The largest absolute Gasteiger partial charge is 0.480 e. The van der Waals surface area contributed by atoms with E-state index in [2.05, 4.69) is 0 Å². The summed E-state index contributed by atoms with van der Waals surface area (Å²) in [6, 6.07) is 0. The van der Waals surface area contributed by atoms with E-state index in [-0.39, 0.29) is 5.92 Å². The normalized spacial score (nSPS) is 20.2. The van der Waals surface area contributed by atoms with E-state index in [1.807, 2.05) is 13.8 Å². The van der Waals surface area contributed by atoms with Crippen molar-refractivity contribution >= 4 is 11.9 Å². The summed E-state index contributed by atoms with van der Waals surface area (Å²) in [5.41, 5.74) is -1.36. The van der Waals surface area contributed by atoms with Gasteiger partial charge in [-0.3, -0.25) is 9.59 Å². The van der Waals surface area contributed by atoms with Crippen molar-refractivity contribution in [1.82, 2.24) is 0 Å². The highest BCUT2D eigenvalue weighted by molar-refractivity contribution is 5.99. The summed E-state index contributed by atoms with van der Waals surface area (Å²) in [7, 11) is 1.44. The van der Waals surface area contributed by atoms with Gasteiger partial charge >= 0.3 is 11.9 Å². The Bertz CT molecular complexity index is 291. The number of rotatable bonds is 5. The van der Waals surface area contributed by atoms with Gasteiger partial charge in [0.1, 0.15) is 0 Å². The second-order valence-corrected chi connectivity index (χ2v) is 4.85. The van der Waals surface area contributed by atoms with Crippen LogP contribution < -0.4 is 0 Å². The lowest BCUT2D eigenvalue weighted by atomic mass is 9.86. The van der Waals surface area contributed by atoms with Gasteiger partial charge in [0.25, 0.3) is 0 Å². The Morgan fingerprint density at radius 3 is 2.12 bits per heavy atom. The van der Waals surface area contributed by atoms with Gasteiger partial charge in [-0.25, -0.2) is 0 Å². The second-order valence-electron chi connectivity index (χ2n) is 4.85. The predicted octanol–water partition coefficient (Wildman–Crippen LogP) is 1.80. The number of hydrogen-bond donors (Lipinski definition) is 1. The van der Waals surface area contributed by atoms with Gasteiger partial charge in [-0.05, 0) is 12.8 Å². The van der Waals surface area contributed by atoms with Crippen molar-refractivity contribution in [2.75, 3.05) is 7.11 Å². The van der Waals surface area contributed by atoms with Crippen molar-refractivity contribution in [3.8, 4) is 0 Å². The van der Waals surface area contributed by atoms with Gasteiger partial charge in [-0.15, -0.1) is 0 Å². The summed E-state index contributed by atoms with van der Waals surface area (Å²) in [5, 5.41) is 9.22. The molecule has 98 valence electrons. The molecule has 1 atom stereocenters. The van der Waals surface area contributed by atoms with E-state index >= 15 is 0 Å². The maximum atomic E-state index is 12.0. The van der Waals surface area contributed by atoms with E-state index in [1.165, 1.54) is 7.11 Å². The van der Waals surface area contributed by atoms with Gasteiger partial charge in [-0.1, -0.05) is 26.7 Å². The van der Waals surface area contributed by atoms with Crippen LogP contribution in [0, 0.1) is 11.3 Å². The molecule has 1 aliphatic rings. The molecule has 1 saturated carbocycles. The highest BCUT2D eigenvalue weighted by atomic mass is 16.7. The third-order valence-electron chi connectivity index (χ3n) is 3.26. The quantitative estimate of drug-likeness (QED) is 0.453. The van der Waals surface area contributed by atoms with Crippen LogP contribution in [0.5, 0.6) is 0 Å². The average molecular weight is 244 g/mol. The lowest BCUT2D eigenvalue weighted by molar-refractivity contribution is -0.196. The Morgan fingerprint density at radius 1 is 1.24 bits per heavy atom. The molecule has 0 aromatic heterocycles. The number of carbonyl (C=O) groups excluding carboxylic acids is 1. The Morgan fingerprint density at radius 2 is 1.76 bits per heavy atom. The third kappa shape index (κ3) is 2.77. The Hall–Kier alpha value is -1.10. The first-order valence-corrected chi connectivity index (χ1v) is 5.91. The molecule has 17 heavy (non-hydrogen) atoms.